The molecule has 0 aliphatic rings. The largest absolute Gasteiger partial charge is 0.384 e. The Kier molecular flexibility index (Phi) is 7.36. The van der Waals surface area contributed by atoms with E-state index >= 15 is 0 Å². The molecule has 0 unspecified atom stereocenters. The van der Waals surface area contributed by atoms with Crippen LogP contribution in [0.5, 0.6) is 0 Å². The van der Waals surface area contributed by atoms with E-state index in [0.717, 1.165) is 19.6 Å². The lowest BCUT2D eigenvalue weighted by Gasteiger charge is -2.24. The van der Waals surface area contributed by atoms with Crippen LogP contribution in [0.2, 0.25) is 25.7 Å². The zero-order valence-electron chi connectivity index (χ0n) is 14.2. The molecule has 0 aliphatic heterocycles. The molecule has 4 nitrogen and oxygen atoms in total. The molecular formula is C15H29IN2O2Si. The summed E-state index contributed by atoms with van der Waals surface area (Å²) in [6, 6.07) is 1.19. The molecule has 122 valence electrons. The number of nitrogens with zero attached hydrogens (tertiary/aromatic N) is 2. The van der Waals surface area contributed by atoms with E-state index in [4.69, 9.17) is 9.47 Å². The fourth-order valence-corrected chi connectivity index (χ4v) is 3.45. The highest BCUT2D eigenvalue weighted by atomic mass is 127. The number of hydrogen-bond acceptors (Lipinski definition) is 3. The smallest absolute Gasteiger partial charge is 0.139 e. The minimum atomic E-state index is -1.03. The fraction of sp³-hybridized carbons (Fsp3) is 0.800. The summed E-state index contributed by atoms with van der Waals surface area (Å²) in [7, 11) is 0.728. The first-order valence-corrected chi connectivity index (χ1v) is 12.2. The third-order valence-electron chi connectivity index (χ3n) is 3.29. The summed E-state index contributed by atoms with van der Waals surface area (Å²) in [4.78, 5) is 0. The van der Waals surface area contributed by atoms with E-state index < -0.39 is 8.07 Å². The predicted octanol–water partition coefficient (Wildman–Crippen LogP) is 4.02. The van der Waals surface area contributed by atoms with Crippen molar-refractivity contribution < 1.29 is 9.47 Å². The molecule has 0 aromatic carbocycles. The monoisotopic (exact) mass is 424 g/mol. The van der Waals surface area contributed by atoms with Crippen LogP contribution in [0.1, 0.15) is 19.5 Å². The summed E-state index contributed by atoms with van der Waals surface area (Å²) >= 11 is 2.35. The third kappa shape index (κ3) is 7.25. The predicted molar refractivity (Wildman–Crippen MR) is 98.4 cm³/mol. The van der Waals surface area contributed by atoms with Gasteiger partial charge in [-0.3, -0.25) is 0 Å². The van der Waals surface area contributed by atoms with Crippen molar-refractivity contribution in [2.75, 3.05) is 20.3 Å². The number of hydrogen-bond donors (Lipinski definition) is 0. The molecule has 0 radical (unpaired) electrons. The van der Waals surface area contributed by atoms with Crippen molar-refractivity contribution in [3.05, 3.63) is 15.5 Å². The molecule has 0 saturated carbocycles. The van der Waals surface area contributed by atoms with Crippen LogP contribution < -0.4 is 0 Å². The van der Waals surface area contributed by atoms with Gasteiger partial charge in [0.1, 0.15) is 6.73 Å². The van der Waals surface area contributed by atoms with Gasteiger partial charge in [0.25, 0.3) is 0 Å². The van der Waals surface area contributed by atoms with Crippen LogP contribution in [-0.2, 0) is 22.6 Å². The second-order valence-electron chi connectivity index (χ2n) is 7.56. The first-order valence-electron chi connectivity index (χ1n) is 7.41. The lowest BCUT2D eigenvalue weighted by atomic mass is 9.89. The van der Waals surface area contributed by atoms with Gasteiger partial charge in [-0.05, 0) is 40.5 Å². The van der Waals surface area contributed by atoms with E-state index in [-0.39, 0.29) is 5.41 Å². The Morgan fingerprint density at radius 1 is 1.33 bits per heavy atom. The summed E-state index contributed by atoms with van der Waals surface area (Å²) in [6.45, 7) is 13.7. The van der Waals surface area contributed by atoms with Gasteiger partial charge in [-0.15, -0.1) is 0 Å². The highest BCUT2D eigenvalue weighted by molar-refractivity contribution is 14.1. The van der Waals surface area contributed by atoms with E-state index in [2.05, 4.69) is 61.2 Å². The molecule has 6 heteroatoms. The van der Waals surface area contributed by atoms with Crippen molar-refractivity contribution in [3.8, 4) is 0 Å². The van der Waals surface area contributed by atoms with Gasteiger partial charge < -0.3 is 9.47 Å². The molecular weight excluding hydrogens is 395 g/mol. The van der Waals surface area contributed by atoms with Crippen LogP contribution in [0.25, 0.3) is 0 Å². The summed E-state index contributed by atoms with van der Waals surface area (Å²) in [6.07, 6.45) is 2.86. The van der Waals surface area contributed by atoms with Gasteiger partial charge in [-0.1, -0.05) is 33.5 Å². The Hall–Kier alpha value is 0.0769. The van der Waals surface area contributed by atoms with E-state index in [9.17, 15) is 0 Å². The van der Waals surface area contributed by atoms with Crippen molar-refractivity contribution in [2.45, 2.75) is 52.7 Å². The van der Waals surface area contributed by atoms with Gasteiger partial charge in [0.2, 0.25) is 0 Å². The SMILES string of the molecule is COCC(C)(C)Cc1c(I)cnn1COCC[Si](C)(C)C. The molecule has 0 aliphatic carbocycles. The van der Waals surface area contributed by atoms with Crippen molar-refractivity contribution >= 4 is 30.7 Å². The van der Waals surface area contributed by atoms with Crippen molar-refractivity contribution in [2.24, 2.45) is 5.41 Å². The molecule has 21 heavy (non-hydrogen) atoms. The van der Waals surface area contributed by atoms with Crippen LogP contribution in [-0.4, -0.2) is 38.2 Å². The second kappa shape index (κ2) is 8.08. The van der Waals surface area contributed by atoms with E-state index in [0.29, 0.717) is 6.73 Å². The third-order valence-corrected chi connectivity index (χ3v) is 5.89. The Balaban J connectivity index is 2.60. The summed E-state index contributed by atoms with van der Waals surface area (Å²) < 4.78 is 14.3. The Labute approximate surface area is 143 Å². The maximum atomic E-state index is 5.82. The summed E-state index contributed by atoms with van der Waals surface area (Å²) in [5.41, 5.74) is 1.34. The Morgan fingerprint density at radius 3 is 2.57 bits per heavy atom. The highest BCUT2D eigenvalue weighted by Gasteiger charge is 2.22. The van der Waals surface area contributed by atoms with Gasteiger partial charge in [-0.2, -0.15) is 5.10 Å². The average Bonchev–Trinajstić information content (AvgIpc) is 2.65. The number of aromatic nitrogens is 2. The van der Waals surface area contributed by atoms with Gasteiger partial charge in [0.05, 0.1) is 22.1 Å². The topological polar surface area (TPSA) is 36.3 Å². The number of rotatable bonds is 9. The zero-order valence-corrected chi connectivity index (χ0v) is 17.4. The average molecular weight is 424 g/mol. The first kappa shape index (κ1) is 19.1. The second-order valence-corrected chi connectivity index (χ2v) is 14.3. The summed E-state index contributed by atoms with van der Waals surface area (Å²) in [5.74, 6) is 0. The summed E-state index contributed by atoms with van der Waals surface area (Å²) in [5, 5.41) is 4.45. The number of methoxy groups -OCH3 is 1. The molecule has 0 saturated heterocycles. The Morgan fingerprint density at radius 2 is 2.00 bits per heavy atom. The van der Waals surface area contributed by atoms with Crippen molar-refractivity contribution in [3.63, 3.8) is 0 Å². The molecule has 0 bridgehead atoms. The molecule has 0 fully saturated rings. The molecule has 1 aromatic rings. The molecule has 1 rings (SSSR count). The van der Waals surface area contributed by atoms with Crippen LogP contribution >= 0.6 is 22.6 Å². The van der Waals surface area contributed by atoms with Gasteiger partial charge in [-0.25, -0.2) is 4.68 Å². The minimum Gasteiger partial charge on any atom is -0.384 e. The molecule has 0 atom stereocenters. The van der Waals surface area contributed by atoms with Crippen LogP contribution in [0.4, 0.5) is 0 Å². The maximum Gasteiger partial charge on any atom is 0.139 e. The lowest BCUT2D eigenvalue weighted by Crippen LogP contribution is -2.25. The Bertz CT molecular complexity index is 441. The van der Waals surface area contributed by atoms with Crippen LogP contribution in [0.15, 0.2) is 6.20 Å². The zero-order chi connectivity index (χ0) is 16.1. The van der Waals surface area contributed by atoms with Gasteiger partial charge in [0, 0.05) is 21.8 Å². The van der Waals surface area contributed by atoms with Gasteiger partial charge in [0.15, 0.2) is 0 Å². The minimum absolute atomic E-state index is 0.102. The molecule has 0 spiro atoms. The normalized spacial score (nSPS) is 12.9. The fourth-order valence-electron chi connectivity index (χ4n) is 2.10. The van der Waals surface area contributed by atoms with Crippen LogP contribution in [0, 0.1) is 8.99 Å². The number of halogens is 1. The highest BCUT2D eigenvalue weighted by Crippen LogP contribution is 2.25. The molecule has 1 heterocycles. The molecule has 0 N–H and O–H groups in total. The molecule has 1 aromatic heterocycles. The van der Waals surface area contributed by atoms with E-state index in [1.807, 2.05) is 10.9 Å². The van der Waals surface area contributed by atoms with E-state index in [1.54, 1.807) is 7.11 Å². The first-order chi connectivity index (χ1) is 9.64. The molecule has 0 amide bonds. The standard InChI is InChI=1S/C15H29IN2O2Si/c1-15(2,11-19-3)9-14-13(16)10-17-18(14)12-20-7-8-21(4,5)6/h10H,7-9,11-12H2,1-6H3. The van der Waals surface area contributed by atoms with E-state index in [1.165, 1.54) is 15.3 Å². The number of ether oxygens (including phenoxy) is 2. The van der Waals surface area contributed by atoms with Crippen molar-refractivity contribution in [1.82, 2.24) is 9.78 Å². The quantitative estimate of drug-likeness (QED) is 0.341. The van der Waals surface area contributed by atoms with Crippen molar-refractivity contribution in [1.29, 1.82) is 0 Å². The maximum absolute atomic E-state index is 5.82. The lowest BCUT2D eigenvalue weighted by molar-refractivity contribution is 0.0708. The van der Waals surface area contributed by atoms with Crippen LogP contribution in [0.3, 0.4) is 0 Å². The van der Waals surface area contributed by atoms with Gasteiger partial charge >= 0.3 is 0 Å².